The van der Waals surface area contributed by atoms with Gasteiger partial charge in [-0.05, 0) is 25.7 Å². The van der Waals surface area contributed by atoms with Crippen LogP contribution in [0.25, 0.3) is 0 Å². The molecule has 1 atom stereocenters. The Hall–Kier alpha value is -0.980. The van der Waals surface area contributed by atoms with E-state index < -0.39 is 30.4 Å². The molecule has 1 N–H and O–H groups in total. The van der Waals surface area contributed by atoms with Crippen LogP contribution in [0.1, 0.15) is 84.0 Å². The molecule has 1 unspecified atom stereocenters. The number of aliphatic hydroxyl groups is 1. The first-order chi connectivity index (χ1) is 12.1. The molecule has 0 aromatic carbocycles. The van der Waals surface area contributed by atoms with E-state index in [1.807, 2.05) is 0 Å². The van der Waals surface area contributed by atoms with E-state index in [2.05, 4.69) is 19.1 Å². The van der Waals surface area contributed by atoms with E-state index in [-0.39, 0.29) is 6.42 Å². The van der Waals surface area contributed by atoms with Gasteiger partial charge in [0.2, 0.25) is 0 Å². The third kappa shape index (κ3) is 10.9. The van der Waals surface area contributed by atoms with Crippen molar-refractivity contribution in [2.24, 2.45) is 0 Å². The molecule has 0 amide bonds. The number of hydrogen-bond acceptors (Lipinski definition) is 2. The van der Waals surface area contributed by atoms with Crippen molar-refractivity contribution < 1.29 is 31.9 Å². The summed E-state index contributed by atoms with van der Waals surface area (Å²) in [7, 11) is 0. The lowest BCUT2D eigenvalue weighted by Crippen LogP contribution is -2.48. The van der Waals surface area contributed by atoms with E-state index in [1.54, 1.807) is 0 Å². The monoisotopic (exact) mass is 386 g/mol. The molecule has 0 rings (SSSR count). The van der Waals surface area contributed by atoms with E-state index in [1.165, 1.54) is 12.8 Å². The fourth-order valence-corrected chi connectivity index (χ4v) is 2.56. The van der Waals surface area contributed by atoms with Crippen LogP contribution in [0.15, 0.2) is 12.2 Å². The van der Waals surface area contributed by atoms with Gasteiger partial charge in [-0.1, -0.05) is 70.4 Å². The Labute approximate surface area is 152 Å². The van der Waals surface area contributed by atoms with Gasteiger partial charge >= 0.3 is 17.9 Å². The van der Waals surface area contributed by atoms with Crippen LogP contribution in [0, 0.1) is 0 Å². The first-order valence-corrected chi connectivity index (χ1v) is 9.46. The number of allylic oxidation sites excluding steroid dienone is 2. The van der Waals surface area contributed by atoms with Gasteiger partial charge in [-0.25, -0.2) is 0 Å². The molecule has 0 fully saturated rings. The van der Waals surface area contributed by atoms with Crippen LogP contribution >= 0.6 is 0 Å². The molecule has 0 aromatic rings. The quantitative estimate of drug-likeness (QED) is 0.202. The lowest BCUT2D eigenvalue weighted by atomic mass is 10.0. The van der Waals surface area contributed by atoms with Gasteiger partial charge in [-0.15, -0.1) is 0 Å². The highest BCUT2D eigenvalue weighted by atomic mass is 19.4. The van der Waals surface area contributed by atoms with Gasteiger partial charge in [-0.2, -0.15) is 22.0 Å². The maximum Gasteiger partial charge on any atom is 0.456 e. The summed E-state index contributed by atoms with van der Waals surface area (Å²) in [5.74, 6) is -7.95. The molecule has 0 saturated heterocycles. The highest BCUT2D eigenvalue weighted by Crippen LogP contribution is 2.32. The smallest absolute Gasteiger partial charge is 0.386 e. The number of hydrogen-bond donors (Lipinski definition) is 1. The average Bonchev–Trinajstić information content (AvgIpc) is 2.57. The second kappa shape index (κ2) is 13.2. The lowest BCUT2D eigenvalue weighted by Gasteiger charge is -2.22. The van der Waals surface area contributed by atoms with Crippen molar-refractivity contribution in [2.45, 2.75) is 102 Å². The summed E-state index contributed by atoms with van der Waals surface area (Å²) in [6.07, 6.45) is 5.85. The number of ketones is 1. The first-order valence-electron chi connectivity index (χ1n) is 9.46. The van der Waals surface area contributed by atoms with Gasteiger partial charge < -0.3 is 5.11 Å². The van der Waals surface area contributed by atoms with Gasteiger partial charge in [0, 0.05) is 0 Å². The number of carbonyl (C=O) groups excluding carboxylic acids is 1. The van der Waals surface area contributed by atoms with E-state index in [0.29, 0.717) is 6.42 Å². The maximum absolute atomic E-state index is 13.2. The molecule has 0 heterocycles. The van der Waals surface area contributed by atoms with Gasteiger partial charge in [0.25, 0.3) is 0 Å². The molecule has 0 saturated carbocycles. The fourth-order valence-electron chi connectivity index (χ4n) is 2.56. The minimum atomic E-state index is -5.64. The number of aliphatic hydroxyl groups excluding tert-OH is 1. The SMILES string of the molecule is CCCC/C=C\CCCCCCCCCC(O)C(F)(F)C(=O)C(F)(F)F. The van der Waals surface area contributed by atoms with Gasteiger partial charge in [0.1, 0.15) is 6.10 Å². The molecule has 7 heteroatoms. The largest absolute Gasteiger partial charge is 0.456 e. The fraction of sp³-hybridized carbons (Fsp3) is 0.842. The summed E-state index contributed by atoms with van der Waals surface area (Å²) < 4.78 is 62.6. The molecule has 0 aliphatic heterocycles. The van der Waals surface area contributed by atoms with Crippen LogP contribution < -0.4 is 0 Å². The molecule has 0 aromatic heterocycles. The van der Waals surface area contributed by atoms with E-state index >= 15 is 0 Å². The molecule has 0 radical (unpaired) electrons. The Morgan fingerprint density at radius 2 is 1.31 bits per heavy atom. The summed E-state index contributed by atoms with van der Waals surface area (Å²) in [5.41, 5.74) is 0. The number of unbranched alkanes of at least 4 members (excludes halogenated alkanes) is 9. The molecular formula is C19H31F5O2. The standard InChI is InChI=1S/C19H31F5O2/c1-2-3-4-5-6-7-8-9-10-11-12-13-14-15-16(25)18(20,21)17(26)19(22,23)24/h5-6,16,25H,2-4,7-15H2,1H3/b6-5-. The van der Waals surface area contributed by atoms with Crippen LogP contribution in [0.5, 0.6) is 0 Å². The number of halogens is 5. The molecule has 0 aliphatic carbocycles. The van der Waals surface area contributed by atoms with Crippen molar-refractivity contribution in [3.8, 4) is 0 Å². The summed E-state index contributed by atoms with van der Waals surface area (Å²) in [5, 5.41) is 9.21. The molecule has 0 spiro atoms. The molecule has 0 aliphatic rings. The second-order valence-electron chi connectivity index (χ2n) is 6.63. The minimum absolute atomic E-state index is 0.169. The average molecular weight is 386 g/mol. The maximum atomic E-state index is 13.2. The summed E-state index contributed by atoms with van der Waals surface area (Å²) in [6.45, 7) is 2.15. The van der Waals surface area contributed by atoms with E-state index in [9.17, 15) is 31.9 Å². The van der Waals surface area contributed by atoms with Crippen LogP contribution in [0.3, 0.4) is 0 Å². The Bertz CT molecular complexity index is 405. The third-order valence-corrected chi connectivity index (χ3v) is 4.22. The van der Waals surface area contributed by atoms with Gasteiger partial charge in [0.05, 0.1) is 0 Å². The summed E-state index contributed by atoms with van der Waals surface area (Å²) in [4.78, 5) is 10.6. The lowest BCUT2D eigenvalue weighted by molar-refractivity contribution is -0.208. The van der Waals surface area contributed by atoms with Gasteiger partial charge in [0.15, 0.2) is 0 Å². The van der Waals surface area contributed by atoms with Crippen molar-refractivity contribution in [3.05, 3.63) is 12.2 Å². The summed E-state index contributed by atoms with van der Waals surface area (Å²) >= 11 is 0. The number of alkyl halides is 5. The highest BCUT2D eigenvalue weighted by molar-refractivity contribution is 5.91. The normalized spacial score (nSPS) is 14.1. The van der Waals surface area contributed by atoms with Crippen LogP contribution in [-0.2, 0) is 4.79 Å². The Morgan fingerprint density at radius 3 is 1.81 bits per heavy atom. The zero-order chi connectivity index (χ0) is 20.1. The Morgan fingerprint density at radius 1 is 0.846 bits per heavy atom. The van der Waals surface area contributed by atoms with Crippen LogP contribution in [0.4, 0.5) is 22.0 Å². The topological polar surface area (TPSA) is 37.3 Å². The molecule has 0 bridgehead atoms. The summed E-state index contributed by atoms with van der Waals surface area (Å²) in [6, 6.07) is 0. The van der Waals surface area contributed by atoms with Crippen molar-refractivity contribution in [3.63, 3.8) is 0 Å². The van der Waals surface area contributed by atoms with E-state index in [4.69, 9.17) is 0 Å². The Kier molecular flexibility index (Phi) is 12.7. The molecule has 26 heavy (non-hydrogen) atoms. The highest BCUT2D eigenvalue weighted by Gasteiger charge is 2.58. The first kappa shape index (κ1) is 25.0. The number of rotatable bonds is 15. The van der Waals surface area contributed by atoms with Crippen LogP contribution in [-0.4, -0.2) is 29.1 Å². The number of Topliss-reactive ketones (excluding diaryl/α,β-unsaturated/α-hetero) is 1. The van der Waals surface area contributed by atoms with E-state index in [0.717, 1.165) is 44.9 Å². The Balaban J connectivity index is 3.69. The molecule has 154 valence electrons. The van der Waals surface area contributed by atoms with Crippen molar-refractivity contribution >= 4 is 5.78 Å². The zero-order valence-corrected chi connectivity index (χ0v) is 15.5. The van der Waals surface area contributed by atoms with Crippen molar-refractivity contribution in [2.75, 3.05) is 0 Å². The van der Waals surface area contributed by atoms with Crippen molar-refractivity contribution in [1.29, 1.82) is 0 Å². The minimum Gasteiger partial charge on any atom is -0.386 e. The zero-order valence-electron chi connectivity index (χ0n) is 15.5. The molecular weight excluding hydrogens is 355 g/mol. The number of carbonyl (C=O) groups is 1. The molecule has 2 nitrogen and oxygen atoms in total. The third-order valence-electron chi connectivity index (χ3n) is 4.22. The van der Waals surface area contributed by atoms with Gasteiger partial charge in [-0.3, -0.25) is 4.79 Å². The predicted octanol–water partition coefficient (Wildman–Crippen LogP) is 6.37. The second-order valence-corrected chi connectivity index (χ2v) is 6.63. The van der Waals surface area contributed by atoms with Crippen LogP contribution in [0.2, 0.25) is 0 Å². The predicted molar refractivity (Wildman–Crippen MR) is 92.2 cm³/mol. The van der Waals surface area contributed by atoms with Crippen molar-refractivity contribution in [1.82, 2.24) is 0 Å².